The van der Waals surface area contributed by atoms with E-state index in [0.29, 0.717) is 5.02 Å². The van der Waals surface area contributed by atoms with E-state index in [1.165, 1.54) is 0 Å². The Morgan fingerprint density at radius 3 is 2.11 bits per heavy atom. The molecule has 1 aliphatic heterocycles. The van der Waals surface area contributed by atoms with Gasteiger partial charge in [-0.2, -0.15) is 0 Å². The monoisotopic (exact) mass is 267 g/mol. The number of halogens is 1. The van der Waals surface area contributed by atoms with Gasteiger partial charge in [0.15, 0.2) is 0 Å². The molecular formula is C13H19BClNO2. The molecule has 0 atom stereocenters. The minimum Gasteiger partial charge on any atom is -0.399 e. The van der Waals surface area contributed by atoms with Gasteiger partial charge < -0.3 is 14.6 Å². The van der Waals surface area contributed by atoms with Gasteiger partial charge in [-0.05, 0) is 45.3 Å². The van der Waals surface area contributed by atoms with Gasteiger partial charge in [0, 0.05) is 7.05 Å². The minimum absolute atomic E-state index is 0.328. The predicted molar refractivity (Wildman–Crippen MR) is 76.7 cm³/mol. The maximum absolute atomic E-state index is 6.18. The molecule has 0 aromatic heterocycles. The van der Waals surface area contributed by atoms with Gasteiger partial charge in [-0.1, -0.05) is 17.7 Å². The second-order valence-electron chi connectivity index (χ2n) is 5.58. The fourth-order valence-corrected chi connectivity index (χ4v) is 2.14. The molecule has 0 aliphatic carbocycles. The molecule has 1 N–H and O–H groups in total. The molecule has 3 nitrogen and oxygen atoms in total. The largest absolute Gasteiger partial charge is 0.494 e. The summed E-state index contributed by atoms with van der Waals surface area (Å²) in [5, 5.41) is 3.70. The van der Waals surface area contributed by atoms with Crippen molar-refractivity contribution in [2.24, 2.45) is 0 Å². The van der Waals surface area contributed by atoms with Crippen LogP contribution in [-0.2, 0) is 9.31 Å². The molecule has 1 aliphatic rings. The maximum atomic E-state index is 6.18. The molecule has 18 heavy (non-hydrogen) atoms. The molecule has 98 valence electrons. The molecule has 1 aromatic carbocycles. The van der Waals surface area contributed by atoms with Crippen LogP contribution in [0.25, 0.3) is 0 Å². The molecule has 0 bridgehead atoms. The molecule has 0 saturated carbocycles. The molecule has 1 aromatic rings. The van der Waals surface area contributed by atoms with Gasteiger partial charge in [0.05, 0.1) is 21.9 Å². The lowest BCUT2D eigenvalue weighted by molar-refractivity contribution is 0.00578. The summed E-state index contributed by atoms with van der Waals surface area (Å²) >= 11 is 6.18. The lowest BCUT2D eigenvalue weighted by atomic mass is 9.79. The fraction of sp³-hybridized carbons (Fsp3) is 0.538. The minimum atomic E-state index is -0.363. The first-order valence-electron chi connectivity index (χ1n) is 6.10. The van der Waals surface area contributed by atoms with Crippen LogP contribution >= 0.6 is 11.6 Å². The average molecular weight is 268 g/mol. The third-order valence-corrected chi connectivity index (χ3v) is 4.10. The third kappa shape index (κ3) is 2.25. The van der Waals surface area contributed by atoms with Crippen LogP contribution in [0.2, 0.25) is 5.02 Å². The van der Waals surface area contributed by atoms with Gasteiger partial charge in [-0.3, -0.25) is 0 Å². The van der Waals surface area contributed by atoms with Crippen LogP contribution in [0.4, 0.5) is 5.69 Å². The summed E-state index contributed by atoms with van der Waals surface area (Å²) in [7, 11) is 1.48. The Morgan fingerprint density at radius 1 is 1.11 bits per heavy atom. The Labute approximate surface area is 114 Å². The second-order valence-corrected chi connectivity index (χ2v) is 5.98. The van der Waals surface area contributed by atoms with Crippen LogP contribution in [0.1, 0.15) is 27.7 Å². The second kappa shape index (κ2) is 4.44. The van der Waals surface area contributed by atoms with Gasteiger partial charge >= 0.3 is 7.12 Å². The van der Waals surface area contributed by atoms with Crippen molar-refractivity contribution < 1.29 is 9.31 Å². The van der Waals surface area contributed by atoms with Crippen LogP contribution in [-0.4, -0.2) is 25.4 Å². The molecule has 0 radical (unpaired) electrons. The average Bonchev–Trinajstić information content (AvgIpc) is 2.48. The SMILES string of the molecule is CNc1ccc(B2OC(C)(C)C(C)(C)O2)cc1Cl. The zero-order valence-electron chi connectivity index (χ0n) is 11.5. The summed E-state index contributed by atoms with van der Waals surface area (Å²) in [6.45, 7) is 8.15. The van der Waals surface area contributed by atoms with Crippen LogP contribution in [0, 0.1) is 0 Å². The number of anilines is 1. The van der Waals surface area contributed by atoms with Crippen molar-refractivity contribution in [3.05, 3.63) is 23.2 Å². The molecule has 1 saturated heterocycles. The van der Waals surface area contributed by atoms with Crippen molar-refractivity contribution in [1.82, 2.24) is 0 Å². The highest BCUT2D eigenvalue weighted by molar-refractivity contribution is 6.62. The molecular weight excluding hydrogens is 248 g/mol. The Kier molecular flexibility index (Phi) is 3.39. The summed E-state index contributed by atoms with van der Waals surface area (Å²) in [5.74, 6) is 0. The van der Waals surface area contributed by atoms with Gasteiger partial charge in [-0.25, -0.2) is 0 Å². The quantitative estimate of drug-likeness (QED) is 0.836. The van der Waals surface area contributed by atoms with Gasteiger partial charge in [0.2, 0.25) is 0 Å². The van der Waals surface area contributed by atoms with E-state index in [9.17, 15) is 0 Å². The van der Waals surface area contributed by atoms with E-state index in [-0.39, 0.29) is 18.3 Å². The predicted octanol–water partition coefficient (Wildman–Crippen LogP) is 2.68. The normalized spacial score (nSPS) is 21.1. The zero-order valence-corrected chi connectivity index (χ0v) is 12.3. The first kappa shape index (κ1) is 13.7. The topological polar surface area (TPSA) is 30.5 Å². The summed E-state index contributed by atoms with van der Waals surface area (Å²) in [6.07, 6.45) is 0. The van der Waals surface area contributed by atoms with E-state index in [1.807, 2.05) is 52.9 Å². The van der Waals surface area contributed by atoms with Crippen LogP contribution in [0.3, 0.4) is 0 Å². The molecule has 0 amide bonds. The number of hydrogen-bond acceptors (Lipinski definition) is 3. The summed E-state index contributed by atoms with van der Waals surface area (Å²) < 4.78 is 12.0. The Balaban J connectivity index is 2.27. The molecule has 0 unspecified atom stereocenters. The van der Waals surface area contributed by atoms with Crippen molar-refractivity contribution in [2.45, 2.75) is 38.9 Å². The highest BCUT2D eigenvalue weighted by Gasteiger charge is 2.51. The van der Waals surface area contributed by atoms with Crippen molar-refractivity contribution in [3.8, 4) is 0 Å². The van der Waals surface area contributed by atoms with E-state index in [1.54, 1.807) is 0 Å². The lowest BCUT2D eigenvalue weighted by Gasteiger charge is -2.32. The van der Waals surface area contributed by atoms with Crippen LogP contribution in [0.5, 0.6) is 0 Å². The highest BCUT2D eigenvalue weighted by atomic mass is 35.5. The molecule has 1 fully saturated rings. The van der Waals surface area contributed by atoms with Gasteiger partial charge in [0.1, 0.15) is 0 Å². The van der Waals surface area contributed by atoms with E-state index in [4.69, 9.17) is 20.9 Å². The van der Waals surface area contributed by atoms with Crippen molar-refractivity contribution in [1.29, 1.82) is 0 Å². The Hall–Kier alpha value is -0.705. The lowest BCUT2D eigenvalue weighted by Crippen LogP contribution is -2.41. The van der Waals surface area contributed by atoms with Gasteiger partial charge in [-0.15, -0.1) is 0 Å². The van der Waals surface area contributed by atoms with Crippen molar-refractivity contribution in [2.75, 3.05) is 12.4 Å². The van der Waals surface area contributed by atoms with Gasteiger partial charge in [0.25, 0.3) is 0 Å². The fourth-order valence-electron chi connectivity index (χ4n) is 1.86. The first-order valence-corrected chi connectivity index (χ1v) is 6.47. The van der Waals surface area contributed by atoms with E-state index in [0.717, 1.165) is 11.2 Å². The molecule has 5 heteroatoms. The van der Waals surface area contributed by atoms with Crippen molar-refractivity contribution >= 4 is 29.9 Å². The number of benzene rings is 1. The number of nitrogens with one attached hydrogen (secondary N) is 1. The van der Waals surface area contributed by atoms with E-state index in [2.05, 4.69) is 5.32 Å². The molecule has 1 heterocycles. The molecule has 0 spiro atoms. The highest BCUT2D eigenvalue weighted by Crippen LogP contribution is 2.36. The number of hydrogen-bond donors (Lipinski definition) is 1. The Morgan fingerprint density at radius 2 is 1.67 bits per heavy atom. The van der Waals surface area contributed by atoms with Crippen LogP contribution in [0.15, 0.2) is 18.2 Å². The summed E-state index contributed by atoms with van der Waals surface area (Å²) in [4.78, 5) is 0. The van der Waals surface area contributed by atoms with Crippen molar-refractivity contribution in [3.63, 3.8) is 0 Å². The zero-order chi connectivity index (χ0) is 13.6. The summed E-state index contributed by atoms with van der Waals surface area (Å²) in [6, 6.07) is 5.79. The molecule has 2 rings (SSSR count). The van der Waals surface area contributed by atoms with E-state index < -0.39 is 0 Å². The smallest absolute Gasteiger partial charge is 0.399 e. The first-order chi connectivity index (χ1) is 8.27. The summed E-state index contributed by atoms with van der Waals surface area (Å²) in [5.41, 5.74) is 1.19. The van der Waals surface area contributed by atoms with Crippen LogP contribution < -0.4 is 10.8 Å². The maximum Gasteiger partial charge on any atom is 0.494 e. The Bertz CT molecular complexity index is 446. The third-order valence-electron chi connectivity index (χ3n) is 3.79. The standard InChI is InChI=1S/C13H19BClNO2/c1-12(2)13(3,4)18-14(17-12)9-6-7-11(16-5)10(15)8-9/h6-8,16H,1-5H3. The number of rotatable bonds is 2. The van der Waals surface area contributed by atoms with E-state index >= 15 is 0 Å².